The molecular weight excluding hydrogens is 328 g/mol. The van der Waals surface area contributed by atoms with Crippen molar-refractivity contribution in [2.24, 2.45) is 11.1 Å². The van der Waals surface area contributed by atoms with Crippen molar-refractivity contribution in [3.63, 3.8) is 0 Å². The van der Waals surface area contributed by atoms with Crippen LogP contribution in [0.5, 0.6) is 5.75 Å². The second kappa shape index (κ2) is 6.85. The van der Waals surface area contributed by atoms with Gasteiger partial charge in [0.25, 0.3) is 5.91 Å². The molecule has 1 aliphatic rings. The van der Waals surface area contributed by atoms with E-state index in [9.17, 15) is 13.2 Å². The molecule has 6 nitrogen and oxygen atoms in total. The number of carbonyl (C=O) groups excluding carboxylic acids is 1. The maximum atomic E-state index is 12.4. The van der Waals surface area contributed by atoms with Crippen LogP contribution in [0.3, 0.4) is 0 Å². The molecular formula is C14H19ClN2O4S. The molecule has 1 aliphatic heterocycles. The van der Waals surface area contributed by atoms with Crippen molar-refractivity contribution in [1.29, 1.82) is 0 Å². The first-order valence-corrected chi connectivity index (χ1v) is 9.11. The van der Waals surface area contributed by atoms with E-state index in [-0.39, 0.29) is 17.6 Å². The molecule has 0 aromatic heterocycles. The van der Waals surface area contributed by atoms with E-state index in [2.05, 4.69) is 0 Å². The molecule has 1 atom stereocenters. The number of sulfonamides is 1. The second-order valence-corrected chi connectivity index (χ2v) is 7.38. The van der Waals surface area contributed by atoms with Crippen molar-refractivity contribution in [2.75, 3.05) is 25.4 Å². The van der Waals surface area contributed by atoms with Crippen LogP contribution in [-0.4, -0.2) is 44.7 Å². The smallest absolute Gasteiger partial charge is 0.253 e. The van der Waals surface area contributed by atoms with E-state index in [1.807, 2.05) is 6.92 Å². The molecule has 22 heavy (non-hydrogen) atoms. The number of halogens is 1. The highest BCUT2D eigenvalue weighted by Crippen LogP contribution is 2.27. The number of ether oxygens (including phenoxy) is 1. The van der Waals surface area contributed by atoms with Gasteiger partial charge in [-0.3, -0.25) is 4.79 Å². The molecule has 1 aromatic carbocycles. The summed E-state index contributed by atoms with van der Waals surface area (Å²) in [6.07, 6.45) is 0.632. The Hall–Kier alpha value is -1.31. The van der Waals surface area contributed by atoms with E-state index in [0.29, 0.717) is 42.5 Å². The number of carbonyl (C=O) groups is 1. The van der Waals surface area contributed by atoms with Gasteiger partial charge in [-0.25, -0.2) is 13.6 Å². The molecule has 0 bridgehead atoms. The van der Waals surface area contributed by atoms with Crippen molar-refractivity contribution in [1.82, 2.24) is 4.90 Å². The molecule has 0 unspecified atom stereocenters. The van der Waals surface area contributed by atoms with Gasteiger partial charge >= 0.3 is 0 Å². The van der Waals surface area contributed by atoms with Gasteiger partial charge in [0.1, 0.15) is 5.75 Å². The average Bonchev–Trinajstić information content (AvgIpc) is 2.86. The first-order chi connectivity index (χ1) is 10.3. The fourth-order valence-electron chi connectivity index (χ4n) is 2.57. The number of rotatable bonds is 5. The fourth-order valence-corrected chi connectivity index (χ4v) is 3.73. The van der Waals surface area contributed by atoms with Gasteiger partial charge in [-0.05, 0) is 37.5 Å². The zero-order chi connectivity index (χ0) is 16.3. The van der Waals surface area contributed by atoms with Gasteiger partial charge in [-0.1, -0.05) is 11.6 Å². The molecule has 0 saturated carbocycles. The number of benzene rings is 1. The summed E-state index contributed by atoms with van der Waals surface area (Å²) in [5.41, 5.74) is 0.463. The summed E-state index contributed by atoms with van der Waals surface area (Å²) < 4.78 is 27.6. The van der Waals surface area contributed by atoms with Gasteiger partial charge in [0.2, 0.25) is 10.0 Å². The van der Waals surface area contributed by atoms with Crippen LogP contribution in [0.2, 0.25) is 5.02 Å². The third kappa shape index (κ3) is 4.34. The Labute approximate surface area is 135 Å². The van der Waals surface area contributed by atoms with Gasteiger partial charge in [-0.2, -0.15) is 0 Å². The Bertz CT molecular complexity index is 663. The maximum Gasteiger partial charge on any atom is 0.253 e. The molecule has 122 valence electrons. The summed E-state index contributed by atoms with van der Waals surface area (Å²) in [7, 11) is -3.52. The van der Waals surface area contributed by atoms with Crippen LogP contribution in [0.4, 0.5) is 0 Å². The number of hydrogen-bond donors (Lipinski definition) is 1. The lowest BCUT2D eigenvalue weighted by Crippen LogP contribution is -2.30. The second-order valence-electron chi connectivity index (χ2n) is 5.31. The van der Waals surface area contributed by atoms with Gasteiger partial charge in [0, 0.05) is 18.7 Å². The van der Waals surface area contributed by atoms with Crippen LogP contribution in [0, 0.1) is 5.92 Å². The molecule has 0 spiro atoms. The highest BCUT2D eigenvalue weighted by atomic mass is 35.5. The van der Waals surface area contributed by atoms with Crippen molar-refractivity contribution in [3.05, 3.63) is 28.8 Å². The first-order valence-electron chi connectivity index (χ1n) is 7.02. The molecule has 1 aromatic rings. The quantitative estimate of drug-likeness (QED) is 0.874. The van der Waals surface area contributed by atoms with Gasteiger partial charge < -0.3 is 9.64 Å². The van der Waals surface area contributed by atoms with E-state index in [1.165, 1.54) is 0 Å². The van der Waals surface area contributed by atoms with Crippen LogP contribution in [-0.2, 0) is 10.0 Å². The zero-order valence-corrected chi connectivity index (χ0v) is 13.9. The Kier molecular flexibility index (Phi) is 5.31. The lowest BCUT2D eigenvalue weighted by atomic mass is 10.1. The third-order valence-electron chi connectivity index (χ3n) is 3.52. The standard InChI is InChI=1S/C14H19ClN2O4S/c1-2-21-13-4-3-11(7-12(13)15)14(18)17-6-5-10(8-17)9-22(16,19)20/h3-4,7,10H,2,5-6,8-9H2,1H3,(H2,16,19,20)/t10-/m1/s1. The summed E-state index contributed by atoms with van der Waals surface area (Å²) in [4.78, 5) is 14.1. The lowest BCUT2D eigenvalue weighted by molar-refractivity contribution is 0.0788. The fraction of sp³-hybridized carbons (Fsp3) is 0.500. The lowest BCUT2D eigenvalue weighted by Gasteiger charge is -2.17. The van der Waals surface area contributed by atoms with Crippen molar-refractivity contribution < 1.29 is 17.9 Å². The van der Waals surface area contributed by atoms with Crippen LogP contribution in [0.15, 0.2) is 18.2 Å². The number of amides is 1. The molecule has 1 fully saturated rings. The number of nitrogens with two attached hydrogens (primary N) is 1. The molecule has 1 heterocycles. The van der Waals surface area contributed by atoms with Gasteiger partial charge in [-0.15, -0.1) is 0 Å². The van der Waals surface area contributed by atoms with Crippen molar-refractivity contribution in [2.45, 2.75) is 13.3 Å². The number of hydrogen-bond acceptors (Lipinski definition) is 4. The summed E-state index contributed by atoms with van der Waals surface area (Å²) in [6.45, 7) is 3.25. The number of primary sulfonamides is 1. The Morgan fingerprint density at radius 1 is 1.50 bits per heavy atom. The average molecular weight is 347 g/mol. The zero-order valence-electron chi connectivity index (χ0n) is 12.3. The molecule has 0 aliphatic carbocycles. The van der Waals surface area contributed by atoms with Crippen LogP contribution in [0.1, 0.15) is 23.7 Å². The number of nitrogens with zero attached hydrogens (tertiary/aromatic N) is 1. The van der Waals surface area contributed by atoms with E-state index < -0.39 is 10.0 Å². The maximum absolute atomic E-state index is 12.4. The molecule has 2 N–H and O–H groups in total. The largest absolute Gasteiger partial charge is 0.492 e. The summed E-state index contributed by atoms with van der Waals surface area (Å²) >= 11 is 6.08. The molecule has 1 saturated heterocycles. The Morgan fingerprint density at radius 3 is 2.82 bits per heavy atom. The van der Waals surface area contributed by atoms with E-state index in [1.54, 1.807) is 23.1 Å². The van der Waals surface area contributed by atoms with Gasteiger partial charge in [0.15, 0.2) is 0 Å². The SMILES string of the molecule is CCOc1ccc(C(=O)N2CC[C@@H](CS(N)(=O)=O)C2)cc1Cl. The topological polar surface area (TPSA) is 89.7 Å². The third-order valence-corrected chi connectivity index (χ3v) is 4.75. The monoisotopic (exact) mass is 346 g/mol. The molecule has 0 radical (unpaired) electrons. The highest BCUT2D eigenvalue weighted by molar-refractivity contribution is 7.89. The molecule has 2 rings (SSSR count). The van der Waals surface area contributed by atoms with Crippen LogP contribution in [0.25, 0.3) is 0 Å². The van der Waals surface area contributed by atoms with E-state index >= 15 is 0 Å². The minimum Gasteiger partial charge on any atom is -0.492 e. The van der Waals surface area contributed by atoms with E-state index in [4.69, 9.17) is 21.5 Å². The van der Waals surface area contributed by atoms with Crippen LogP contribution < -0.4 is 9.88 Å². The summed E-state index contributed by atoms with van der Waals surface area (Å²) in [5, 5.41) is 5.43. The summed E-state index contributed by atoms with van der Waals surface area (Å²) in [5.74, 6) is 0.161. The summed E-state index contributed by atoms with van der Waals surface area (Å²) in [6, 6.07) is 4.89. The Balaban J connectivity index is 2.05. The van der Waals surface area contributed by atoms with Crippen molar-refractivity contribution in [3.8, 4) is 5.75 Å². The van der Waals surface area contributed by atoms with Crippen molar-refractivity contribution >= 4 is 27.5 Å². The minimum atomic E-state index is -3.52. The highest BCUT2D eigenvalue weighted by Gasteiger charge is 2.29. The predicted molar refractivity (Wildman–Crippen MR) is 84.6 cm³/mol. The molecule has 8 heteroatoms. The normalized spacial score (nSPS) is 18.5. The van der Waals surface area contributed by atoms with Gasteiger partial charge in [0.05, 0.1) is 17.4 Å². The first kappa shape index (κ1) is 17.1. The molecule has 1 amide bonds. The van der Waals surface area contributed by atoms with Crippen LogP contribution >= 0.6 is 11.6 Å². The predicted octanol–water partition coefficient (Wildman–Crippen LogP) is 1.49. The Morgan fingerprint density at radius 2 is 2.23 bits per heavy atom. The minimum absolute atomic E-state index is 0.0964. The number of likely N-dealkylation sites (tertiary alicyclic amines) is 1. The van der Waals surface area contributed by atoms with E-state index in [0.717, 1.165) is 0 Å².